The molecule has 218 valence electrons. The van der Waals surface area contributed by atoms with Crippen molar-refractivity contribution in [1.29, 1.82) is 0 Å². The number of hydrogen-bond acceptors (Lipinski definition) is 6. The van der Waals surface area contributed by atoms with Crippen molar-refractivity contribution < 1.29 is 28.6 Å². The highest BCUT2D eigenvalue weighted by atomic mass is 35.5. The molecule has 2 amide bonds. The van der Waals surface area contributed by atoms with Crippen molar-refractivity contribution in [3.63, 3.8) is 0 Å². The topological polar surface area (TPSA) is 146 Å². The molecule has 0 saturated carbocycles. The molecule has 42 heavy (non-hydrogen) atoms. The third-order valence-electron chi connectivity index (χ3n) is 6.71. The van der Waals surface area contributed by atoms with Crippen molar-refractivity contribution in [1.82, 2.24) is 26.0 Å². The number of ether oxygens (including phenoxy) is 1. The molecule has 0 radical (unpaired) electrons. The Kier molecular flexibility index (Phi) is 9.87. The summed E-state index contributed by atoms with van der Waals surface area (Å²) >= 11 is 6.03. The van der Waals surface area contributed by atoms with Crippen LogP contribution < -0.4 is 10.6 Å². The number of aromatic nitrogens is 3. The standard InChI is InChI=1S/C30H29ClFN5O5/c1-30(28(39)40,18-33-29(41)42-17-20-5-3-2-4-6-20)15-23(35-27(38)26-16-34-37-36-26)13-19-7-9-21(10-8-19)24-14-22(31)11-12-25(24)32/h2-12,14,16,23H,13,15,17-18H2,1H3,(H,33,41)(H,35,38)(H,39,40)(H,34,36,37)/t23-,30+/m1/s1. The van der Waals surface area contributed by atoms with E-state index < -0.39 is 35.2 Å². The molecule has 0 aliphatic heterocycles. The molecule has 0 aliphatic carbocycles. The lowest BCUT2D eigenvalue weighted by Gasteiger charge is -2.30. The van der Waals surface area contributed by atoms with Crippen molar-refractivity contribution in [2.45, 2.75) is 32.4 Å². The third-order valence-corrected chi connectivity index (χ3v) is 6.94. The number of aromatic amines is 1. The maximum atomic E-state index is 14.4. The average molecular weight is 594 g/mol. The normalized spacial score (nSPS) is 13.0. The van der Waals surface area contributed by atoms with E-state index in [0.717, 1.165) is 11.1 Å². The highest BCUT2D eigenvalue weighted by Crippen LogP contribution is 2.28. The first-order valence-electron chi connectivity index (χ1n) is 13.0. The summed E-state index contributed by atoms with van der Waals surface area (Å²) in [4.78, 5) is 37.6. The number of carbonyl (C=O) groups is 3. The van der Waals surface area contributed by atoms with Crippen LogP contribution in [0.25, 0.3) is 11.1 Å². The van der Waals surface area contributed by atoms with Crippen LogP contribution in [-0.4, -0.2) is 51.1 Å². The van der Waals surface area contributed by atoms with Gasteiger partial charge in [0.25, 0.3) is 5.91 Å². The van der Waals surface area contributed by atoms with Crippen molar-refractivity contribution in [2.75, 3.05) is 6.54 Å². The van der Waals surface area contributed by atoms with Crippen LogP contribution in [0.4, 0.5) is 9.18 Å². The molecule has 10 nitrogen and oxygen atoms in total. The van der Waals surface area contributed by atoms with E-state index in [4.69, 9.17) is 16.3 Å². The molecule has 4 aromatic rings. The highest BCUT2D eigenvalue weighted by Gasteiger charge is 2.37. The van der Waals surface area contributed by atoms with Gasteiger partial charge in [-0.3, -0.25) is 9.59 Å². The van der Waals surface area contributed by atoms with Crippen molar-refractivity contribution >= 4 is 29.6 Å². The van der Waals surface area contributed by atoms with Gasteiger partial charge in [-0.2, -0.15) is 15.4 Å². The summed E-state index contributed by atoms with van der Waals surface area (Å²) in [5, 5.41) is 25.7. The maximum absolute atomic E-state index is 14.4. The van der Waals surface area contributed by atoms with Crippen LogP contribution in [0.5, 0.6) is 0 Å². The molecule has 3 aromatic carbocycles. The van der Waals surface area contributed by atoms with Crippen LogP contribution in [0.3, 0.4) is 0 Å². The Balaban J connectivity index is 1.48. The summed E-state index contributed by atoms with van der Waals surface area (Å²) in [6, 6.07) is 19.6. The summed E-state index contributed by atoms with van der Waals surface area (Å²) in [5.74, 6) is -2.13. The molecule has 2 atom stereocenters. The van der Waals surface area contributed by atoms with Gasteiger partial charge in [-0.1, -0.05) is 66.2 Å². The fourth-order valence-corrected chi connectivity index (χ4v) is 4.56. The van der Waals surface area contributed by atoms with Gasteiger partial charge in [-0.25, -0.2) is 9.18 Å². The minimum Gasteiger partial charge on any atom is -0.481 e. The van der Waals surface area contributed by atoms with E-state index in [1.165, 1.54) is 31.3 Å². The number of carboxylic acids is 1. The first kappa shape index (κ1) is 30.2. The lowest BCUT2D eigenvalue weighted by atomic mass is 9.81. The van der Waals surface area contributed by atoms with Crippen LogP contribution in [0, 0.1) is 11.2 Å². The van der Waals surface area contributed by atoms with Gasteiger partial charge in [-0.05, 0) is 54.7 Å². The summed E-state index contributed by atoms with van der Waals surface area (Å²) in [5.41, 5.74) is 1.05. The van der Waals surface area contributed by atoms with Crippen molar-refractivity contribution in [3.05, 3.63) is 107 Å². The van der Waals surface area contributed by atoms with E-state index in [9.17, 15) is 23.9 Å². The molecular weight excluding hydrogens is 565 g/mol. The Morgan fingerprint density at radius 3 is 2.48 bits per heavy atom. The van der Waals surface area contributed by atoms with Crippen LogP contribution in [-0.2, 0) is 22.6 Å². The number of aliphatic carboxylic acids is 1. The second-order valence-corrected chi connectivity index (χ2v) is 10.5. The number of nitrogens with zero attached hydrogens (tertiary/aromatic N) is 2. The molecule has 0 saturated heterocycles. The third kappa shape index (κ3) is 8.14. The Morgan fingerprint density at radius 2 is 1.81 bits per heavy atom. The number of nitrogens with one attached hydrogen (secondary N) is 3. The Bertz CT molecular complexity index is 1520. The number of rotatable bonds is 12. The molecule has 0 aliphatic rings. The number of carbonyl (C=O) groups excluding carboxylic acids is 2. The van der Waals surface area contributed by atoms with Crippen LogP contribution in [0.2, 0.25) is 5.02 Å². The Hall–Kier alpha value is -4.77. The number of H-pyrrole nitrogens is 1. The SMILES string of the molecule is C[C@@](CNC(=O)OCc1ccccc1)(C[C@@H](Cc1ccc(-c2cc(Cl)ccc2F)cc1)NC(=O)c1cn[nH]n1)C(=O)O. The fourth-order valence-electron chi connectivity index (χ4n) is 4.39. The van der Waals surface area contributed by atoms with Crippen LogP contribution >= 0.6 is 11.6 Å². The van der Waals surface area contributed by atoms with Crippen LogP contribution in [0.15, 0.2) is 79.0 Å². The van der Waals surface area contributed by atoms with Gasteiger partial charge >= 0.3 is 12.1 Å². The molecule has 12 heteroatoms. The van der Waals surface area contributed by atoms with E-state index in [-0.39, 0.29) is 31.7 Å². The molecule has 1 aromatic heterocycles. The van der Waals surface area contributed by atoms with Gasteiger partial charge in [0.2, 0.25) is 0 Å². The van der Waals surface area contributed by atoms with Crippen molar-refractivity contribution in [3.8, 4) is 11.1 Å². The maximum Gasteiger partial charge on any atom is 0.407 e. The van der Waals surface area contributed by atoms with Gasteiger partial charge in [0.05, 0.1) is 11.6 Å². The minimum atomic E-state index is -1.47. The summed E-state index contributed by atoms with van der Waals surface area (Å²) in [7, 11) is 0. The van der Waals surface area contributed by atoms with E-state index in [1.54, 1.807) is 36.4 Å². The Labute approximate surface area is 246 Å². The second-order valence-electron chi connectivity index (χ2n) is 10.0. The fraction of sp³-hybridized carbons (Fsp3) is 0.233. The zero-order valence-corrected chi connectivity index (χ0v) is 23.4. The quantitative estimate of drug-likeness (QED) is 0.180. The molecule has 0 unspecified atom stereocenters. The van der Waals surface area contributed by atoms with Gasteiger partial charge in [0.15, 0.2) is 5.69 Å². The number of hydrogen-bond donors (Lipinski definition) is 4. The van der Waals surface area contributed by atoms with E-state index in [2.05, 4.69) is 26.0 Å². The zero-order chi connectivity index (χ0) is 30.1. The number of halogens is 2. The Morgan fingerprint density at radius 1 is 1.07 bits per heavy atom. The number of benzene rings is 3. The molecule has 0 bridgehead atoms. The summed E-state index contributed by atoms with van der Waals surface area (Å²) in [6.07, 6.45) is 0.679. The number of carboxylic acid groups (broad SMARTS) is 1. The first-order valence-corrected chi connectivity index (χ1v) is 13.4. The second kappa shape index (κ2) is 13.7. The summed E-state index contributed by atoms with van der Waals surface area (Å²) < 4.78 is 19.6. The molecule has 4 rings (SSSR count). The van der Waals surface area contributed by atoms with Crippen LogP contribution in [0.1, 0.15) is 35.0 Å². The van der Waals surface area contributed by atoms with Gasteiger partial charge < -0.3 is 20.5 Å². The predicted octanol–water partition coefficient (Wildman–Crippen LogP) is 5.01. The number of amides is 2. The molecular formula is C30H29ClFN5O5. The summed E-state index contributed by atoms with van der Waals surface area (Å²) in [6.45, 7) is 1.26. The van der Waals surface area contributed by atoms with E-state index >= 15 is 0 Å². The van der Waals surface area contributed by atoms with E-state index in [1.807, 2.05) is 18.2 Å². The van der Waals surface area contributed by atoms with Crippen molar-refractivity contribution in [2.24, 2.45) is 5.41 Å². The van der Waals surface area contributed by atoms with Gasteiger partial charge in [-0.15, -0.1) is 0 Å². The minimum absolute atomic E-state index is 0.0297. The van der Waals surface area contributed by atoms with E-state index in [0.29, 0.717) is 16.1 Å². The predicted molar refractivity (Wildman–Crippen MR) is 153 cm³/mol. The molecule has 1 heterocycles. The average Bonchev–Trinajstić information content (AvgIpc) is 3.53. The van der Waals surface area contributed by atoms with Gasteiger partial charge in [0, 0.05) is 23.2 Å². The largest absolute Gasteiger partial charge is 0.481 e. The van der Waals surface area contributed by atoms with Gasteiger partial charge in [0.1, 0.15) is 12.4 Å². The highest BCUT2D eigenvalue weighted by molar-refractivity contribution is 6.30. The number of alkyl carbamates (subject to hydrolysis) is 1. The monoisotopic (exact) mass is 593 g/mol. The molecule has 0 fully saturated rings. The smallest absolute Gasteiger partial charge is 0.407 e. The first-order chi connectivity index (χ1) is 20.1. The molecule has 0 spiro atoms. The molecule has 4 N–H and O–H groups in total. The zero-order valence-electron chi connectivity index (χ0n) is 22.6. The lowest BCUT2D eigenvalue weighted by Crippen LogP contribution is -2.47. The lowest BCUT2D eigenvalue weighted by molar-refractivity contribution is -0.148.